The van der Waals surface area contributed by atoms with Gasteiger partial charge in [0.25, 0.3) is 0 Å². The summed E-state index contributed by atoms with van der Waals surface area (Å²) in [6.07, 6.45) is 10.1. The zero-order valence-electron chi connectivity index (χ0n) is 32.2. The van der Waals surface area contributed by atoms with Gasteiger partial charge in [-0.15, -0.1) is 5.10 Å². The molecule has 2 amide bonds. The molecule has 0 aliphatic carbocycles. The summed E-state index contributed by atoms with van der Waals surface area (Å²) in [7, 11) is 0. The van der Waals surface area contributed by atoms with Gasteiger partial charge in [-0.3, -0.25) is 14.4 Å². The Hall–Kier alpha value is -1.85. The topological polar surface area (TPSA) is 124 Å². The molecule has 1 aromatic rings. The van der Waals surface area contributed by atoms with Gasteiger partial charge >= 0.3 is 0 Å². The molecule has 278 valence electrons. The number of hydrogen-bond donors (Lipinski definition) is 2. The van der Waals surface area contributed by atoms with Crippen molar-refractivity contribution in [2.24, 2.45) is 10.8 Å². The van der Waals surface area contributed by atoms with E-state index in [-0.39, 0.29) is 39.4 Å². The number of carbonyl (C=O) groups excluding carboxylic acids is 3. The van der Waals surface area contributed by atoms with E-state index >= 15 is 0 Å². The van der Waals surface area contributed by atoms with Gasteiger partial charge in [0.05, 0.1) is 27.8 Å². The maximum atomic E-state index is 12.9. The van der Waals surface area contributed by atoms with Crippen LogP contribution in [0.1, 0.15) is 146 Å². The number of aromatic nitrogens is 3. The van der Waals surface area contributed by atoms with Gasteiger partial charge in [0.1, 0.15) is 5.78 Å². The summed E-state index contributed by atoms with van der Waals surface area (Å²) >= 11 is 3.15. The van der Waals surface area contributed by atoms with Crippen molar-refractivity contribution in [2.75, 3.05) is 31.6 Å². The number of ketones is 1. The summed E-state index contributed by atoms with van der Waals surface area (Å²) in [6.45, 7) is 25.4. The Bertz CT molecular complexity index is 1130. The van der Waals surface area contributed by atoms with Crippen LogP contribution >= 0.6 is 15.9 Å². The number of alkyl halides is 1. The fourth-order valence-electron chi connectivity index (χ4n) is 5.48. The summed E-state index contributed by atoms with van der Waals surface area (Å²) in [4.78, 5) is 37.0. The lowest BCUT2D eigenvalue weighted by atomic mass is 9.76. The lowest BCUT2D eigenvalue weighted by molar-refractivity contribution is -0.130. The van der Waals surface area contributed by atoms with E-state index in [9.17, 15) is 14.4 Å². The molecule has 0 aromatic carbocycles. The molecule has 2 N–H and O–H groups in total. The molecule has 0 radical (unpaired) electrons. The van der Waals surface area contributed by atoms with E-state index in [1.807, 2.05) is 10.9 Å². The van der Waals surface area contributed by atoms with Crippen molar-refractivity contribution in [1.29, 1.82) is 0 Å². The number of Topliss-reactive ketones (excluding diaryl/α,β-unsaturated/α-hetero) is 1. The maximum absolute atomic E-state index is 12.9. The van der Waals surface area contributed by atoms with Crippen LogP contribution in [0.25, 0.3) is 0 Å². The minimum Gasteiger partial charge on any atom is -0.376 e. The third-order valence-electron chi connectivity index (χ3n) is 9.62. The van der Waals surface area contributed by atoms with Crippen molar-refractivity contribution in [1.82, 2.24) is 25.6 Å². The Morgan fingerprint density at radius 2 is 1.44 bits per heavy atom. The van der Waals surface area contributed by atoms with Crippen LogP contribution in [0, 0.1) is 10.8 Å². The summed E-state index contributed by atoms with van der Waals surface area (Å²) in [5.41, 5.74) is -0.546. The van der Waals surface area contributed by atoms with E-state index in [0.717, 1.165) is 50.6 Å². The van der Waals surface area contributed by atoms with Gasteiger partial charge in [-0.1, -0.05) is 62.2 Å². The summed E-state index contributed by atoms with van der Waals surface area (Å²) in [6, 6.07) is 0. The number of amides is 2. The molecule has 0 aliphatic rings. The first kappa shape index (κ1) is 44.2. The van der Waals surface area contributed by atoms with Gasteiger partial charge in [0, 0.05) is 57.2 Å². The fraction of sp³-hybridized carbons (Fsp3) is 0.865. The van der Waals surface area contributed by atoms with Crippen molar-refractivity contribution < 1.29 is 23.9 Å². The Labute approximate surface area is 300 Å². The Balaban J connectivity index is 2.44. The van der Waals surface area contributed by atoms with Gasteiger partial charge in [0.15, 0.2) is 0 Å². The monoisotopic (exact) mass is 741 g/mol. The van der Waals surface area contributed by atoms with Crippen LogP contribution in [0.3, 0.4) is 0 Å². The van der Waals surface area contributed by atoms with E-state index in [2.05, 4.69) is 113 Å². The SMILES string of the molecule is CCCC(C)(CC)C(=O)CCC(C)(C)OCCC(C)(C)n1cc(CCC(=O)NCC(C)(C)CCOC(C)(C)CCCNC(=O)CBr)nn1. The third-order valence-corrected chi connectivity index (χ3v) is 10.1. The van der Waals surface area contributed by atoms with Crippen LogP contribution in [0.15, 0.2) is 6.20 Å². The molecular weight excluding hydrogens is 674 g/mol. The van der Waals surface area contributed by atoms with Gasteiger partial charge in [0.2, 0.25) is 11.8 Å². The highest BCUT2D eigenvalue weighted by Gasteiger charge is 2.32. The van der Waals surface area contributed by atoms with Crippen LogP contribution < -0.4 is 10.6 Å². The molecule has 0 fully saturated rings. The molecule has 1 aromatic heterocycles. The van der Waals surface area contributed by atoms with Crippen molar-refractivity contribution in [3.63, 3.8) is 0 Å². The standard InChI is InChI=1S/C37H68BrN5O5/c1-12-18-37(11,13-2)30(44)17-20-36(9,10)48-25-22-34(5,6)43-27-29(41-42-43)15-16-31(45)40-28-33(3,4)21-24-47-35(7,8)19-14-23-39-32(46)26-38/h27H,12-26,28H2,1-11H3,(H,39,46)(H,40,45). The molecular formula is C37H68BrN5O5. The first-order valence-electron chi connectivity index (χ1n) is 18.0. The second kappa shape index (κ2) is 20.1. The molecule has 10 nitrogen and oxygen atoms in total. The lowest BCUT2D eigenvalue weighted by Crippen LogP contribution is -2.36. The van der Waals surface area contributed by atoms with E-state index in [1.165, 1.54) is 0 Å². The van der Waals surface area contributed by atoms with Crippen molar-refractivity contribution in [2.45, 2.75) is 164 Å². The zero-order chi connectivity index (χ0) is 36.7. The second-order valence-corrected chi connectivity index (χ2v) is 16.9. The molecule has 48 heavy (non-hydrogen) atoms. The van der Waals surface area contributed by atoms with E-state index in [1.54, 1.807) is 0 Å². The van der Waals surface area contributed by atoms with Gasteiger partial charge < -0.3 is 20.1 Å². The lowest BCUT2D eigenvalue weighted by Gasteiger charge is -2.31. The molecule has 1 unspecified atom stereocenters. The van der Waals surface area contributed by atoms with Gasteiger partial charge in [-0.25, -0.2) is 4.68 Å². The summed E-state index contributed by atoms with van der Waals surface area (Å²) in [5.74, 6) is 0.323. The number of nitrogens with zero attached hydrogens (tertiary/aromatic N) is 3. The Morgan fingerprint density at radius 1 is 0.812 bits per heavy atom. The predicted molar refractivity (Wildman–Crippen MR) is 197 cm³/mol. The molecule has 0 saturated carbocycles. The number of ether oxygens (including phenoxy) is 2. The van der Waals surface area contributed by atoms with E-state index < -0.39 is 0 Å². The molecule has 1 rings (SSSR count). The van der Waals surface area contributed by atoms with Crippen LogP contribution in [0.5, 0.6) is 0 Å². The average molecular weight is 743 g/mol. The first-order valence-corrected chi connectivity index (χ1v) is 19.1. The Morgan fingerprint density at radius 3 is 2.04 bits per heavy atom. The minimum atomic E-state index is -0.389. The number of carbonyl (C=O) groups is 3. The van der Waals surface area contributed by atoms with Crippen molar-refractivity contribution in [3.8, 4) is 0 Å². The van der Waals surface area contributed by atoms with E-state index in [0.29, 0.717) is 63.1 Å². The van der Waals surface area contributed by atoms with Crippen LogP contribution in [0.2, 0.25) is 0 Å². The molecule has 11 heteroatoms. The minimum absolute atomic E-state index is 0.00580. The molecule has 0 saturated heterocycles. The largest absolute Gasteiger partial charge is 0.376 e. The van der Waals surface area contributed by atoms with Crippen molar-refractivity contribution in [3.05, 3.63) is 11.9 Å². The molecule has 0 aliphatic heterocycles. The molecule has 1 heterocycles. The molecule has 1 atom stereocenters. The first-order chi connectivity index (χ1) is 22.2. The highest BCUT2D eigenvalue weighted by molar-refractivity contribution is 9.09. The normalized spacial score (nSPS) is 14.1. The van der Waals surface area contributed by atoms with Crippen molar-refractivity contribution >= 4 is 33.5 Å². The summed E-state index contributed by atoms with van der Waals surface area (Å²) in [5, 5.41) is 15.0. The Kier molecular flexibility index (Phi) is 18.5. The quantitative estimate of drug-likeness (QED) is 0.0754. The highest BCUT2D eigenvalue weighted by atomic mass is 79.9. The fourth-order valence-corrected chi connectivity index (χ4v) is 5.67. The second-order valence-electron chi connectivity index (χ2n) is 16.3. The number of halogens is 1. The van der Waals surface area contributed by atoms with Gasteiger partial charge in [-0.2, -0.15) is 0 Å². The number of aryl methyl sites for hydroxylation is 1. The average Bonchev–Trinajstić information content (AvgIpc) is 3.50. The third kappa shape index (κ3) is 17.2. The number of nitrogens with one attached hydrogen (secondary N) is 2. The van der Waals surface area contributed by atoms with Crippen LogP contribution in [-0.4, -0.2) is 75.4 Å². The van der Waals surface area contributed by atoms with Crippen LogP contribution in [-0.2, 0) is 35.8 Å². The summed E-state index contributed by atoms with van der Waals surface area (Å²) < 4.78 is 14.3. The predicted octanol–water partition coefficient (Wildman–Crippen LogP) is 7.32. The molecule has 0 bridgehead atoms. The molecule has 0 spiro atoms. The van der Waals surface area contributed by atoms with Gasteiger partial charge in [-0.05, 0) is 91.9 Å². The number of hydrogen-bond acceptors (Lipinski definition) is 7. The van der Waals surface area contributed by atoms with Crippen LogP contribution in [0.4, 0.5) is 0 Å². The number of rotatable bonds is 26. The zero-order valence-corrected chi connectivity index (χ0v) is 33.7. The highest BCUT2D eigenvalue weighted by Crippen LogP contribution is 2.32. The van der Waals surface area contributed by atoms with E-state index in [4.69, 9.17) is 9.47 Å². The smallest absolute Gasteiger partial charge is 0.230 e. The maximum Gasteiger partial charge on any atom is 0.230 e.